The van der Waals surface area contributed by atoms with Gasteiger partial charge in [-0.15, -0.1) is 10.2 Å². The summed E-state index contributed by atoms with van der Waals surface area (Å²) in [5, 5.41) is 8.81. The number of aryl methyl sites for hydroxylation is 1. The smallest absolute Gasteiger partial charge is 0.143 e. The van der Waals surface area contributed by atoms with Crippen molar-refractivity contribution in [3.8, 4) is 0 Å². The molecule has 1 aromatic carbocycles. The second kappa shape index (κ2) is 3.59. The van der Waals surface area contributed by atoms with E-state index in [4.69, 9.17) is 5.73 Å². The normalized spacial score (nSPS) is 20.5. The number of anilines is 1. The number of nitrogen functional groups attached to an aromatic ring is 1. The van der Waals surface area contributed by atoms with E-state index in [0.29, 0.717) is 6.04 Å². The van der Waals surface area contributed by atoms with Crippen molar-refractivity contribution < 1.29 is 0 Å². The Morgan fingerprint density at radius 1 is 1.16 bits per heavy atom. The summed E-state index contributed by atoms with van der Waals surface area (Å²) in [5.74, 6) is 2.22. The highest BCUT2D eigenvalue weighted by atomic mass is 15.3. The molecule has 2 aliphatic carbocycles. The standard InChI is InChI=1S/C15H18N4/c1-10-17-18-14(19(10)13-6-7-13)15(8-9-15)11-2-4-12(16)5-3-11/h2-5,13H,6-9,16H2,1H3. The van der Waals surface area contributed by atoms with Crippen molar-refractivity contribution in [3.63, 3.8) is 0 Å². The van der Waals surface area contributed by atoms with Crippen LogP contribution in [-0.2, 0) is 5.41 Å². The first-order valence-corrected chi connectivity index (χ1v) is 6.99. The minimum Gasteiger partial charge on any atom is -0.399 e. The molecule has 0 saturated heterocycles. The van der Waals surface area contributed by atoms with Crippen molar-refractivity contribution in [1.29, 1.82) is 0 Å². The van der Waals surface area contributed by atoms with Crippen LogP contribution in [0.4, 0.5) is 5.69 Å². The Morgan fingerprint density at radius 3 is 2.42 bits per heavy atom. The van der Waals surface area contributed by atoms with E-state index >= 15 is 0 Å². The van der Waals surface area contributed by atoms with Crippen LogP contribution in [0.1, 0.15) is 48.9 Å². The van der Waals surface area contributed by atoms with Crippen LogP contribution in [0.25, 0.3) is 0 Å². The second-order valence-electron chi connectivity index (χ2n) is 5.88. The fourth-order valence-electron chi connectivity index (χ4n) is 3.03. The molecule has 0 spiro atoms. The van der Waals surface area contributed by atoms with E-state index in [1.54, 1.807) is 0 Å². The van der Waals surface area contributed by atoms with E-state index in [1.807, 2.05) is 12.1 Å². The molecule has 0 radical (unpaired) electrons. The molecule has 4 nitrogen and oxygen atoms in total. The molecular weight excluding hydrogens is 236 g/mol. The zero-order valence-corrected chi connectivity index (χ0v) is 11.1. The fraction of sp³-hybridized carbons (Fsp3) is 0.467. The van der Waals surface area contributed by atoms with Crippen LogP contribution >= 0.6 is 0 Å². The molecule has 2 saturated carbocycles. The molecule has 98 valence electrons. The number of aromatic nitrogens is 3. The number of rotatable bonds is 3. The monoisotopic (exact) mass is 254 g/mol. The summed E-state index contributed by atoms with van der Waals surface area (Å²) in [6.07, 6.45) is 4.87. The summed E-state index contributed by atoms with van der Waals surface area (Å²) in [7, 11) is 0. The lowest BCUT2D eigenvalue weighted by Gasteiger charge is -2.17. The Bertz CT molecular complexity index is 618. The number of nitrogens with two attached hydrogens (primary N) is 1. The summed E-state index contributed by atoms with van der Waals surface area (Å²) in [6.45, 7) is 2.06. The predicted octanol–water partition coefficient (Wildman–Crippen LogP) is 2.58. The quantitative estimate of drug-likeness (QED) is 0.856. The third kappa shape index (κ3) is 1.59. The van der Waals surface area contributed by atoms with E-state index in [9.17, 15) is 0 Å². The first-order chi connectivity index (χ1) is 9.21. The van der Waals surface area contributed by atoms with Gasteiger partial charge in [0.1, 0.15) is 11.6 Å². The van der Waals surface area contributed by atoms with Crippen LogP contribution in [0.2, 0.25) is 0 Å². The lowest BCUT2D eigenvalue weighted by atomic mass is 9.94. The highest BCUT2D eigenvalue weighted by Crippen LogP contribution is 2.54. The average Bonchev–Trinajstić information content (AvgIpc) is 3.31. The van der Waals surface area contributed by atoms with Crippen LogP contribution in [0.15, 0.2) is 24.3 Å². The second-order valence-corrected chi connectivity index (χ2v) is 5.88. The summed E-state index contributed by atoms with van der Waals surface area (Å²) < 4.78 is 2.36. The van der Waals surface area contributed by atoms with Crippen LogP contribution in [-0.4, -0.2) is 14.8 Å². The van der Waals surface area contributed by atoms with Crippen molar-refractivity contribution >= 4 is 5.69 Å². The Kier molecular flexibility index (Phi) is 2.08. The molecule has 0 aliphatic heterocycles. The van der Waals surface area contributed by atoms with Crippen molar-refractivity contribution in [2.75, 3.05) is 5.73 Å². The van der Waals surface area contributed by atoms with Gasteiger partial charge in [-0.25, -0.2) is 0 Å². The number of hydrogen-bond acceptors (Lipinski definition) is 3. The lowest BCUT2D eigenvalue weighted by Crippen LogP contribution is -2.17. The zero-order valence-electron chi connectivity index (χ0n) is 11.1. The Balaban J connectivity index is 1.81. The lowest BCUT2D eigenvalue weighted by molar-refractivity contribution is 0.616. The Labute approximate surface area is 112 Å². The van der Waals surface area contributed by atoms with Crippen molar-refractivity contribution in [1.82, 2.24) is 14.8 Å². The molecule has 1 aromatic heterocycles. The first kappa shape index (κ1) is 11.0. The minimum atomic E-state index is 0.0948. The van der Waals surface area contributed by atoms with Gasteiger partial charge in [0, 0.05) is 11.7 Å². The van der Waals surface area contributed by atoms with Crippen molar-refractivity contribution in [2.24, 2.45) is 0 Å². The zero-order chi connectivity index (χ0) is 13.0. The SMILES string of the molecule is Cc1nnc(C2(c3ccc(N)cc3)CC2)n1C1CC1. The maximum atomic E-state index is 5.79. The van der Waals surface area contributed by atoms with Gasteiger partial charge in [-0.3, -0.25) is 0 Å². The van der Waals surface area contributed by atoms with Gasteiger partial charge >= 0.3 is 0 Å². The maximum absolute atomic E-state index is 5.79. The third-order valence-corrected chi connectivity index (χ3v) is 4.42. The van der Waals surface area contributed by atoms with E-state index in [0.717, 1.165) is 17.3 Å². The molecule has 0 atom stereocenters. The number of nitrogens with zero attached hydrogens (tertiary/aromatic N) is 3. The minimum absolute atomic E-state index is 0.0948. The number of benzene rings is 1. The molecule has 2 N–H and O–H groups in total. The molecule has 2 fully saturated rings. The summed E-state index contributed by atoms with van der Waals surface area (Å²) >= 11 is 0. The summed E-state index contributed by atoms with van der Waals surface area (Å²) in [5.41, 5.74) is 8.03. The van der Waals surface area contributed by atoms with Gasteiger partial charge in [0.15, 0.2) is 0 Å². The van der Waals surface area contributed by atoms with E-state index < -0.39 is 0 Å². The molecule has 19 heavy (non-hydrogen) atoms. The van der Waals surface area contributed by atoms with Crippen LogP contribution in [0, 0.1) is 6.92 Å². The van der Waals surface area contributed by atoms with Gasteiger partial charge in [0.05, 0.1) is 5.41 Å². The molecule has 2 aromatic rings. The average molecular weight is 254 g/mol. The maximum Gasteiger partial charge on any atom is 0.143 e. The van der Waals surface area contributed by atoms with E-state index in [-0.39, 0.29) is 5.41 Å². The van der Waals surface area contributed by atoms with E-state index in [1.165, 1.54) is 31.2 Å². The molecule has 0 amide bonds. The molecule has 4 rings (SSSR count). The highest BCUT2D eigenvalue weighted by Gasteiger charge is 2.51. The summed E-state index contributed by atoms with van der Waals surface area (Å²) in [6, 6.07) is 8.89. The van der Waals surface area contributed by atoms with Crippen molar-refractivity contribution in [3.05, 3.63) is 41.5 Å². The molecule has 0 bridgehead atoms. The predicted molar refractivity (Wildman–Crippen MR) is 73.9 cm³/mol. The van der Waals surface area contributed by atoms with Gasteiger partial charge in [-0.05, 0) is 50.3 Å². The Morgan fingerprint density at radius 2 is 1.84 bits per heavy atom. The van der Waals surface area contributed by atoms with E-state index in [2.05, 4.69) is 33.8 Å². The van der Waals surface area contributed by atoms with Gasteiger partial charge in [-0.2, -0.15) is 0 Å². The highest BCUT2D eigenvalue weighted by molar-refractivity contribution is 5.46. The van der Waals surface area contributed by atoms with Gasteiger partial charge < -0.3 is 10.3 Å². The Hall–Kier alpha value is -1.84. The van der Waals surface area contributed by atoms with Crippen LogP contribution in [0.5, 0.6) is 0 Å². The van der Waals surface area contributed by atoms with Gasteiger partial charge in [-0.1, -0.05) is 12.1 Å². The van der Waals surface area contributed by atoms with Crippen LogP contribution < -0.4 is 5.73 Å². The molecular formula is C15H18N4. The van der Waals surface area contributed by atoms with Gasteiger partial charge in [0.25, 0.3) is 0 Å². The topological polar surface area (TPSA) is 56.7 Å². The first-order valence-electron chi connectivity index (χ1n) is 6.99. The van der Waals surface area contributed by atoms with Crippen LogP contribution in [0.3, 0.4) is 0 Å². The van der Waals surface area contributed by atoms with Gasteiger partial charge in [0.2, 0.25) is 0 Å². The largest absolute Gasteiger partial charge is 0.399 e. The molecule has 4 heteroatoms. The summed E-state index contributed by atoms with van der Waals surface area (Å²) in [4.78, 5) is 0. The third-order valence-electron chi connectivity index (χ3n) is 4.42. The molecule has 0 unspecified atom stereocenters. The fourth-order valence-corrected chi connectivity index (χ4v) is 3.03. The molecule has 2 aliphatic rings. The number of hydrogen-bond donors (Lipinski definition) is 1. The molecule has 1 heterocycles. The van der Waals surface area contributed by atoms with Crippen molar-refractivity contribution in [2.45, 2.75) is 44.1 Å².